The van der Waals surface area contributed by atoms with Gasteiger partial charge in [-0.3, -0.25) is 9.59 Å². The molecule has 2 heterocycles. The van der Waals surface area contributed by atoms with Gasteiger partial charge in [0.15, 0.2) is 19.0 Å². The number of fused-ring (bicyclic) bond motifs is 1. The van der Waals surface area contributed by atoms with Crippen LogP contribution in [0.25, 0.3) is 11.6 Å². The van der Waals surface area contributed by atoms with Crippen LogP contribution in [0.2, 0.25) is 0 Å². The normalized spacial score (nSPS) is 13.1. The van der Waals surface area contributed by atoms with Gasteiger partial charge in [-0.25, -0.2) is 9.18 Å². The number of anilines is 1. The van der Waals surface area contributed by atoms with Gasteiger partial charge in [0, 0.05) is 10.4 Å². The van der Waals surface area contributed by atoms with E-state index in [1.807, 2.05) is 5.38 Å². The minimum Gasteiger partial charge on any atom is -0.482 e. The van der Waals surface area contributed by atoms with Crippen LogP contribution in [0.3, 0.4) is 0 Å². The first kappa shape index (κ1) is 20.5. The van der Waals surface area contributed by atoms with Gasteiger partial charge in [0.05, 0.1) is 11.3 Å². The van der Waals surface area contributed by atoms with Crippen molar-refractivity contribution in [1.29, 1.82) is 0 Å². The molecule has 0 saturated carbocycles. The predicted molar refractivity (Wildman–Crippen MR) is 114 cm³/mol. The molecule has 31 heavy (non-hydrogen) atoms. The number of ether oxygens (including phenoxy) is 2. The van der Waals surface area contributed by atoms with Crippen LogP contribution >= 0.6 is 11.3 Å². The highest BCUT2D eigenvalue weighted by atomic mass is 32.1. The molecule has 4 rings (SSSR count). The molecule has 1 aromatic heterocycles. The zero-order valence-electron chi connectivity index (χ0n) is 16.1. The summed E-state index contributed by atoms with van der Waals surface area (Å²) in [5, 5.41) is 4.44. The third-order valence-electron chi connectivity index (χ3n) is 4.46. The average molecular weight is 437 g/mol. The lowest BCUT2D eigenvalue weighted by atomic mass is 10.1. The monoisotopic (exact) mass is 437 g/mol. The van der Waals surface area contributed by atoms with Gasteiger partial charge in [-0.05, 0) is 53.4 Å². The summed E-state index contributed by atoms with van der Waals surface area (Å²) >= 11 is 1.35. The van der Waals surface area contributed by atoms with Gasteiger partial charge in [0.25, 0.3) is 5.91 Å². The van der Waals surface area contributed by atoms with Gasteiger partial charge in [-0.1, -0.05) is 18.2 Å². The maximum Gasteiger partial charge on any atom is 0.340 e. The van der Waals surface area contributed by atoms with Gasteiger partial charge < -0.3 is 14.8 Å². The number of ketones is 1. The van der Waals surface area contributed by atoms with Crippen molar-refractivity contribution < 1.29 is 28.2 Å². The zero-order valence-corrected chi connectivity index (χ0v) is 16.9. The van der Waals surface area contributed by atoms with E-state index in [0.29, 0.717) is 21.9 Å². The second kappa shape index (κ2) is 8.93. The Labute approximate surface area is 180 Å². The molecule has 1 amide bonds. The summed E-state index contributed by atoms with van der Waals surface area (Å²) < 4.78 is 23.7. The quantitative estimate of drug-likeness (QED) is 0.355. The molecule has 3 aromatic rings. The van der Waals surface area contributed by atoms with Crippen molar-refractivity contribution in [3.8, 4) is 5.75 Å². The summed E-state index contributed by atoms with van der Waals surface area (Å²) in [6.07, 6.45) is 1.59. The molecular weight excluding hydrogens is 421 g/mol. The van der Waals surface area contributed by atoms with Crippen LogP contribution in [0.15, 0.2) is 60.0 Å². The Bertz CT molecular complexity index is 1170. The van der Waals surface area contributed by atoms with E-state index in [9.17, 15) is 18.8 Å². The fourth-order valence-corrected chi connectivity index (χ4v) is 3.67. The third-order valence-corrected chi connectivity index (χ3v) is 5.36. The Balaban J connectivity index is 1.49. The fourth-order valence-electron chi connectivity index (χ4n) is 2.94. The van der Waals surface area contributed by atoms with Gasteiger partial charge in [0.1, 0.15) is 11.6 Å². The number of halogens is 1. The van der Waals surface area contributed by atoms with Crippen molar-refractivity contribution in [3.63, 3.8) is 0 Å². The Hall–Kier alpha value is -3.78. The third kappa shape index (κ3) is 4.87. The number of benzene rings is 2. The molecule has 0 saturated heterocycles. The van der Waals surface area contributed by atoms with Gasteiger partial charge in [-0.2, -0.15) is 0 Å². The molecule has 0 spiro atoms. The molecule has 0 fully saturated rings. The number of rotatable bonds is 6. The highest BCUT2D eigenvalue weighted by Gasteiger charge is 2.20. The number of esters is 1. The smallest absolute Gasteiger partial charge is 0.340 e. The second-order valence-corrected chi connectivity index (χ2v) is 7.58. The number of amides is 1. The lowest BCUT2D eigenvalue weighted by molar-refractivity contribution is -0.135. The van der Waals surface area contributed by atoms with E-state index < -0.39 is 18.4 Å². The van der Waals surface area contributed by atoms with E-state index >= 15 is 0 Å². The molecule has 6 nitrogen and oxygen atoms in total. The number of carbonyl (C=O) groups excluding carboxylic acids is 3. The summed E-state index contributed by atoms with van der Waals surface area (Å²) in [5.41, 5.74) is 1.56. The standard InChI is InChI=1S/C23H16FNO5S/c24-16-6-3-14(4-7-16)10-17(21-2-1-9-31-21)23(28)30-12-19(26)15-5-8-20-18(11-15)25-22(27)13-29-20/h1-11H,12-13H2,(H,25,27). The van der Waals surface area contributed by atoms with Crippen LogP contribution in [0.4, 0.5) is 10.1 Å². The average Bonchev–Trinajstić information content (AvgIpc) is 3.31. The van der Waals surface area contributed by atoms with Crippen molar-refractivity contribution in [2.45, 2.75) is 0 Å². The SMILES string of the molecule is O=C1COc2ccc(C(=O)COC(=O)C(=Cc3ccc(F)cc3)c3cccs3)cc2N1. The van der Waals surface area contributed by atoms with Gasteiger partial charge in [0.2, 0.25) is 0 Å². The van der Waals surface area contributed by atoms with E-state index in [4.69, 9.17) is 9.47 Å². The number of carbonyl (C=O) groups is 3. The molecule has 156 valence electrons. The van der Waals surface area contributed by atoms with E-state index in [1.165, 1.54) is 29.5 Å². The summed E-state index contributed by atoms with van der Waals surface area (Å²) in [5.74, 6) is -1.32. The van der Waals surface area contributed by atoms with E-state index in [2.05, 4.69) is 5.32 Å². The van der Waals surface area contributed by atoms with Crippen LogP contribution in [-0.2, 0) is 14.3 Å². The Morgan fingerprint density at radius 2 is 1.97 bits per heavy atom. The van der Waals surface area contributed by atoms with Crippen molar-refractivity contribution >= 4 is 46.3 Å². The largest absolute Gasteiger partial charge is 0.482 e. The second-order valence-electron chi connectivity index (χ2n) is 6.63. The molecule has 8 heteroatoms. The van der Waals surface area contributed by atoms with Crippen LogP contribution in [0.1, 0.15) is 20.8 Å². The first-order valence-corrected chi connectivity index (χ1v) is 10.2. The Kier molecular flexibility index (Phi) is 5.90. The van der Waals surface area contributed by atoms with Crippen LogP contribution in [-0.4, -0.2) is 30.9 Å². The van der Waals surface area contributed by atoms with Crippen molar-refractivity contribution in [1.82, 2.24) is 0 Å². The van der Waals surface area contributed by atoms with E-state index in [0.717, 1.165) is 0 Å². The number of Topliss-reactive ketones (excluding diaryl/α,β-unsaturated/α-hetero) is 1. The minimum atomic E-state index is -0.672. The molecule has 0 atom stereocenters. The molecule has 1 aliphatic heterocycles. The molecule has 1 aliphatic rings. The number of thiophene rings is 1. The first-order chi connectivity index (χ1) is 15.0. The van der Waals surface area contributed by atoms with Crippen LogP contribution in [0.5, 0.6) is 5.75 Å². The number of hydrogen-bond donors (Lipinski definition) is 1. The Morgan fingerprint density at radius 3 is 2.71 bits per heavy atom. The van der Waals surface area contributed by atoms with Crippen molar-refractivity contribution in [2.24, 2.45) is 0 Å². The summed E-state index contributed by atoms with van der Waals surface area (Å²) in [6.45, 7) is -0.553. The molecule has 0 bridgehead atoms. The zero-order chi connectivity index (χ0) is 21.8. The lowest BCUT2D eigenvalue weighted by Crippen LogP contribution is -2.25. The fraction of sp³-hybridized carbons (Fsp3) is 0.0870. The summed E-state index contributed by atoms with van der Waals surface area (Å²) in [4.78, 5) is 37.4. The molecule has 1 N–H and O–H groups in total. The minimum absolute atomic E-state index is 0.0796. The molecule has 0 unspecified atom stereocenters. The molecular formula is C23H16FNO5S. The highest BCUT2D eigenvalue weighted by Crippen LogP contribution is 2.29. The van der Waals surface area contributed by atoms with E-state index in [1.54, 1.807) is 42.5 Å². The molecule has 2 aromatic carbocycles. The highest BCUT2D eigenvalue weighted by molar-refractivity contribution is 7.11. The van der Waals surface area contributed by atoms with Crippen LogP contribution in [0, 0.1) is 5.82 Å². The van der Waals surface area contributed by atoms with Crippen molar-refractivity contribution in [3.05, 3.63) is 81.8 Å². The maximum absolute atomic E-state index is 13.2. The molecule has 0 aliphatic carbocycles. The first-order valence-electron chi connectivity index (χ1n) is 9.28. The van der Waals surface area contributed by atoms with Crippen molar-refractivity contribution in [2.75, 3.05) is 18.5 Å². The van der Waals surface area contributed by atoms with E-state index in [-0.39, 0.29) is 29.5 Å². The van der Waals surface area contributed by atoms with Gasteiger partial charge >= 0.3 is 5.97 Å². The predicted octanol–water partition coefficient (Wildman–Crippen LogP) is 4.18. The Morgan fingerprint density at radius 1 is 1.16 bits per heavy atom. The lowest BCUT2D eigenvalue weighted by Gasteiger charge is -2.18. The maximum atomic E-state index is 13.2. The number of nitrogens with one attached hydrogen (secondary N) is 1. The summed E-state index contributed by atoms with van der Waals surface area (Å²) in [7, 11) is 0. The van der Waals surface area contributed by atoms with Gasteiger partial charge in [-0.15, -0.1) is 11.3 Å². The number of hydrogen-bond acceptors (Lipinski definition) is 6. The van der Waals surface area contributed by atoms with Crippen LogP contribution < -0.4 is 10.1 Å². The summed E-state index contributed by atoms with van der Waals surface area (Å²) in [6, 6.07) is 13.8. The topological polar surface area (TPSA) is 81.7 Å². The molecule has 0 radical (unpaired) electrons.